The highest BCUT2D eigenvalue weighted by Gasteiger charge is 2.29. The van der Waals surface area contributed by atoms with Gasteiger partial charge in [-0.25, -0.2) is 9.37 Å². The first-order valence-electron chi connectivity index (χ1n) is 10.8. The third-order valence-electron chi connectivity index (χ3n) is 6.20. The lowest BCUT2D eigenvalue weighted by atomic mass is 9.96. The van der Waals surface area contributed by atoms with E-state index in [9.17, 15) is 4.79 Å². The van der Waals surface area contributed by atoms with Crippen molar-refractivity contribution in [1.82, 2.24) is 10.3 Å². The molecular formula is C26H23FN2O3. The van der Waals surface area contributed by atoms with Crippen LogP contribution in [-0.2, 0) is 11.2 Å². The van der Waals surface area contributed by atoms with Gasteiger partial charge in [0.15, 0.2) is 11.4 Å². The molecule has 0 spiro atoms. The number of nitrogens with zero attached hydrogens (tertiary/aromatic N) is 1. The summed E-state index contributed by atoms with van der Waals surface area (Å²) < 4.78 is 21.3. The molecule has 0 bridgehead atoms. The Kier molecular flexibility index (Phi) is 5.23. The Bertz CT molecular complexity index is 1310. The predicted molar refractivity (Wildman–Crippen MR) is 121 cm³/mol. The first kappa shape index (κ1) is 20.4. The molecule has 1 atom stereocenters. The Morgan fingerprint density at radius 2 is 1.97 bits per heavy atom. The number of halogens is 1. The average molecular weight is 430 g/mol. The van der Waals surface area contributed by atoms with E-state index in [1.165, 1.54) is 0 Å². The van der Waals surface area contributed by atoms with Gasteiger partial charge in [0.1, 0.15) is 5.52 Å². The second-order valence-electron chi connectivity index (χ2n) is 8.16. The van der Waals surface area contributed by atoms with Crippen LogP contribution in [0, 0.1) is 12.7 Å². The minimum absolute atomic E-state index is 0.0295. The van der Waals surface area contributed by atoms with E-state index in [1.807, 2.05) is 43.3 Å². The maximum absolute atomic E-state index is 15.3. The fourth-order valence-electron chi connectivity index (χ4n) is 4.57. The van der Waals surface area contributed by atoms with Gasteiger partial charge in [-0.2, -0.15) is 0 Å². The molecule has 162 valence electrons. The normalized spacial score (nSPS) is 15.2. The third kappa shape index (κ3) is 3.56. The van der Waals surface area contributed by atoms with E-state index in [2.05, 4.69) is 28.5 Å². The zero-order chi connectivity index (χ0) is 22.2. The van der Waals surface area contributed by atoms with Gasteiger partial charge < -0.3 is 14.8 Å². The number of aromatic nitrogens is 1. The summed E-state index contributed by atoms with van der Waals surface area (Å²) in [5, 5.41) is 12.1. The van der Waals surface area contributed by atoms with E-state index < -0.39 is 5.97 Å². The van der Waals surface area contributed by atoms with E-state index in [0.717, 1.165) is 34.2 Å². The van der Waals surface area contributed by atoms with Crippen LogP contribution in [0.5, 0.6) is 0 Å². The Morgan fingerprint density at radius 3 is 2.75 bits per heavy atom. The molecule has 0 saturated carbocycles. The molecule has 0 radical (unpaired) electrons. The molecule has 0 saturated heterocycles. The van der Waals surface area contributed by atoms with Crippen LogP contribution in [-0.4, -0.2) is 22.6 Å². The Balaban J connectivity index is 1.53. The standard InChI is InChI=1S/C26H23FN2O3/c1-15-17(16-6-3-2-4-7-16)8-5-9-18(15)26-29-22-14-20-19(24(27)25(22)32-26)10-11-21(20)28-13-12-23(30)31/h2-9,14,21,28H,10-13H2,1H3,(H,30,31)/t21-/m1/s1. The number of carbonyl (C=O) groups is 1. The second-order valence-corrected chi connectivity index (χ2v) is 8.16. The summed E-state index contributed by atoms with van der Waals surface area (Å²) in [6.45, 7) is 2.36. The smallest absolute Gasteiger partial charge is 0.304 e. The van der Waals surface area contributed by atoms with Gasteiger partial charge in [0.25, 0.3) is 0 Å². The lowest BCUT2D eigenvalue weighted by molar-refractivity contribution is -0.136. The molecule has 0 unspecified atom stereocenters. The van der Waals surface area contributed by atoms with Crippen LogP contribution in [0.2, 0.25) is 0 Å². The van der Waals surface area contributed by atoms with Crippen molar-refractivity contribution in [3.63, 3.8) is 0 Å². The van der Waals surface area contributed by atoms with Crippen molar-refractivity contribution >= 4 is 17.1 Å². The van der Waals surface area contributed by atoms with E-state index in [1.54, 1.807) is 0 Å². The molecule has 0 amide bonds. The number of nitrogens with one attached hydrogen (secondary N) is 1. The first-order valence-corrected chi connectivity index (χ1v) is 10.8. The summed E-state index contributed by atoms with van der Waals surface area (Å²) in [6, 6.07) is 17.8. The summed E-state index contributed by atoms with van der Waals surface area (Å²) >= 11 is 0. The van der Waals surface area contributed by atoms with Gasteiger partial charge in [0.05, 0.1) is 6.42 Å². The van der Waals surface area contributed by atoms with Gasteiger partial charge in [0, 0.05) is 18.2 Å². The molecule has 1 aliphatic carbocycles. The zero-order valence-electron chi connectivity index (χ0n) is 17.7. The van der Waals surface area contributed by atoms with E-state index in [0.29, 0.717) is 29.9 Å². The molecule has 0 fully saturated rings. The topological polar surface area (TPSA) is 75.4 Å². The molecule has 32 heavy (non-hydrogen) atoms. The van der Waals surface area contributed by atoms with E-state index in [4.69, 9.17) is 9.52 Å². The molecule has 1 aliphatic rings. The number of hydrogen-bond donors (Lipinski definition) is 2. The lowest BCUT2D eigenvalue weighted by Crippen LogP contribution is -2.22. The van der Waals surface area contributed by atoms with Crippen molar-refractivity contribution in [1.29, 1.82) is 0 Å². The molecule has 6 heteroatoms. The molecule has 5 rings (SSSR count). The fourth-order valence-corrected chi connectivity index (χ4v) is 4.57. The third-order valence-corrected chi connectivity index (χ3v) is 6.20. The number of oxazole rings is 1. The summed E-state index contributed by atoms with van der Waals surface area (Å²) in [7, 11) is 0. The van der Waals surface area contributed by atoms with Crippen LogP contribution >= 0.6 is 0 Å². The highest BCUT2D eigenvalue weighted by Crippen LogP contribution is 2.39. The van der Waals surface area contributed by atoms with Crippen LogP contribution in [0.4, 0.5) is 4.39 Å². The fraction of sp³-hybridized carbons (Fsp3) is 0.231. The summed E-state index contributed by atoms with van der Waals surface area (Å²) in [5.41, 5.74) is 6.16. The zero-order valence-corrected chi connectivity index (χ0v) is 17.7. The van der Waals surface area contributed by atoms with Crippen molar-refractivity contribution in [3.8, 4) is 22.6 Å². The monoisotopic (exact) mass is 430 g/mol. The van der Waals surface area contributed by atoms with Gasteiger partial charge in [0.2, 0.25) is 5.89 Å². The van der Waals surface area contributed by atoms with Gasteiger partial charge in [-0.05, 0) is 59.7 Å². The van der Waals surface area contributed by atoms with Crippen molar-refractivity contribution in [2.75, 3.05) is 6.54 Å². The number of carboxylic acids is 1. The molecule has 1 heterocycles. The van der Waals surface area contributed by atoms with Crippen LogP contribution < -0.4 is 5.32 Å². The SMILES string of the molecule is Cc1c(-c2ccccc2)cccc1-c1nc2cc3c(c(F)c2o1)CC[C@H]3NCCC(=O)O. The molecule has 1 aromatic heterocycles. The van der Waals surface area contributed by atoms with Gasteiger partial charge >= 0.3 is 5.97 Å². The van der Waals surface area contributed by atoms with Crippen LogP contribution in [0.15, 0.2) is 59.0 Å². The van der Waals surface area contributed by atoms with Crippen LogP contribution in [0.25, 0.3) is 33.7 Å². The highest BCUT2D eigenvalue weighted by molar-refractivity contribution is 5.82. The first-order chi connectivity index (χ1) is 15.5. The predicted octanol–water partition coefficient (Wildman–Crippen LogP) is 5.66. The van der Waals surface area contributed by atoms with Gasteiger partial charge in [-0.3, -0.25) is 4.79 Å². The summed E-state index contributed by atoms with van der Waals surface area (Å²) in [5.74, 6) is -0.824. The quantitative estimate of drug-likeness (QED) is 0.413. The van der Waals surface area contributed by atoms with Crippen molar-refractivity contribution in [3.05, 3.63) is 77.1 Å². The van der Waals surface area contributed by atoms with Gasteiger partial charge in [-0.1, -0.05) is 42.5 Å². The van der Waals surface area contributed by atoms with Crippen LogP contribution in [0.1, 0.15) is 35.6 Å². The summed E-state index contributed by atoms with van der Waals surface area (Å²) in [4.78, 5) is 15.4. The number of benzene rings is 3. The number of rotatable bonds is 6. The summed E-state index contributed by atoms with van der Waals surface area (Å²) in [6.07, 6.45) is 1.34. The van der Waals surface area contributed by atoms with E-state index in [-0.39, 0.29) is 23.9 Å². The van der Waals surface area contributed by atoms with Crippen molar-refractivity contribution < 1.29 is 18.7 Å². The van der Waals surface area contributed by atoms with Crippen molar-refractivity contribution in [2.24, 2.45) is 0 Å². The minimum atomic E-state index is -0.855. The van der Waals surface area contributed by atoms with E-state index >= 15 is 4.39 Å². The molecule has 2 N–H and O–H groups in total. The minimum Gasteiger partial charge on any atom is -0.481 e. The maximum atomic E-state index is 15.3. The molecule has 3 aromatic carbocycles. The lowest BCUT2D eigenvalue weighted by Gasteiger charge is -2.13. The Labute approximate surface area is 184 Å². The molecule has 0 aliphatic heterocycles. The highest BCUT2D eigenvalue weighted by atomic mass is 19.1. The van der Waals surface area contributed by atoms with Crippen molar-refractivity contribution in [2.45, 2.75) is 32.2 Å². The van der Waals surface area contributed by atoms with Gasteiger partial charge in [-0.15, -0.1) is 0 Å². The largest absolute Gasteiger partial charge is 0.481 e. The molecular weight excluding hydrogens is 407 g/mol. The maximum Gasteiger partial charge on any atom is 0.304 e. The number of carboxylic acid groups (broad SMARTS) is 1. The molecule has 4 aromatic rings. The Hall–Kier alpha value is -3.51. The second kappa shape index (κ2) is 8.20. The Morgan fingerprint density at radius 1 is 1.19 bits per heavy atom. The molecule has 5 nitrogen and oxygen atoms in total. The number of hydrogen-bond acceptors (Lipinski definition) is 4. The number of fused-ring (bicyclic) bond motifs is 2. The average Bonchev–Trinajstić information content (AvgIpc) is 3.39. The number of aliphatic carboxylic acids is 1. The van der Waals surface area contributed by atoms with Crippen LogP contribution in [0.3, 0.4) is 0 Å².